The predicted molar refractivity (Wildman–Crippen MR) is 102 cm³/mol. The van der Waals surface area contributed by atoms with Crippen LogP contribution < -0.4 is 10.5 Å². The SMILES string of the molecule is Cc1[nH]n(C2=CC=CCN2c2ccccn2)c(=O)c1Cc1cccnc1. The molecule has 0 unspecified atom stereocenters. The van der Waals surface area contributed by atoms with Gasteiger partial charge in [0.15, 0.2) is 0 Å². The molecule has 0 aliphatic carbocycles. The highest BCUT2D eigenvalue weighted by molar-refractivity contribution is 5.68. The summed E-state index contributed by atoms with van der Waals surface area (Å²) in [6.45, 7) is 2.58. The van der Waals surface area contributed by atoms with Gasteiger partial charge in [0.25, 0.3) is 5.56 Å². The zero-order valence-corrected chi connectivity index (χ0v) is 14.5. The molecule has 1 aliphatic rings. The maximum Gasteiger partial charge on any atom is 0.276 e. The molecule has 0 radical (unpaired) electrons. The van der Waals surface area contributed by atoms with E-state index >= 15 is 0 Å². The van der Waals surface area contributed by atoms with E-state index in [-0.39, 0.29) is 5.56 Å². The van der Waals surface area contributed by atoms with E-state index in [0.717, 1.165) is 28.5 Å². The molecule has 3 aromatic rings. The lowest BCUT2D eigenvalue weighted by atomic mass is 10.1. The molecule has 6 heteroatoms. The van der Waals surface area contributed by atoms with Crippen LogP contribution in [0, 0.1) is 6.92 Å². The molecular weight excluding hydrogens is 326 g/mol. The predicted octanol–water partition coefficient (Wildman–Crippen LogP) is 2.74. The standard InChI is InChI=1S/C20H19N5O/c1-15-17(13-16-7-6-10-21-14-16)20(26)25(23-15)19-9-3-5-12-24(19)18-8-2-4-11-22-18/h2-11,14,23H,12-13H2,1H3. The Morgan fingerprint density at radius 1 is 1.19 bits per heavy atom. The number of nitrogens with zero attached hydrogens (tertiary/aromatic N) is 4. The molecule has 0 amide bonds. The number of aryl methyl sites for hydroxylation is 1. The second kappa shape index (κ2) is 6.84. The van der Waals surface area contributed by atoms with Crippen LogP contribution in [-0.2, 0) is 6.42 Å². The lowest BCUT2D eigenvalue weighted by molar-refractivity contribution is 0.806. The minimum Gasteiger partial charge on any atom is -0.307 e. The van der Waals surface area contributed by atoms with Crippen LogP contribution in [0.2, 0.25) is 0 Å². The lowest BCUT2D eigenvalue weighted by Crippen LogP contribution is -2.32. The molecule has 3 aromatic heterocycles. The third kappa shape index (κ3) is 2.97. The summed E-state index contributed by atoms with van der Waals surface area (Å²) in [5.41, 5.74) is 2.57. The van der Waals surface area contributed by atoms with Crippen molar-refractivity contribution in [3.05, 3.63) is 94.3 Å². The van der Waals surface area contributed by atoms with Crippen molar-refractivity contribution in [2.45, 2.75) is 13.3 Å². The van der Waals surface area contributed by atoms with Gasteiger partial charge in [0, 0.05) is 42.8 Å². The van der Waals surface area contributed by atoms with Gasteiger partial charge < -0.3 is 4.90 Å². The zero-order chi connectivity index (χ0) is 17.9. The number of aromatic amines is 1. The summed E-state index contributed by atoms with van der Waals surface area (Å²) in [7, 11) is 0. The van der Waals surface area contributed by atoms with Gasteiger partial charge in [-0.3, -0.25) is 14.9 Å². The molecule has 0 bridgehead atoms. The summed E-state index contributed by atoms with van der Waals surface area (Å²) >= 11 is 0. The van der Waals surface area contributed by atoms with E-state index in [9.17, 15) is 4.79 Å². The molecule has 0 atom stereocenters. The van der Waals surface area contributed by atoms with E-state index < -0.39 is 0 Å². The molecule has 0 fully saturated rings. The monoisotopic (exact) mass is 345 g/mol. The quantitative estimate of drug-likeness (QED) is 0.789. The van der Waals surface area contributed by atoms with Gasteiger partial charge in [0.2, 0.25) is 0 Å². The molecule has 130 valence electrons. The normalized spacial score (nSPS) is 13.7. The second-order valence-corrected chi connectivity index (χ2v) is 6.15. The summed E-state index contributed by atoms with van der Waals surface area (Å²) in [6, 6.07) is 9.61. The number of aromatic nitrogens is 4. The number of pyridine rings is 2. The first-order chi connectivity index (χ1) is 12.7. The maximum absolute atomic E-state index is 13.1. The third-order valence-electron chi connectivity index (χ3n) is 4.40. The van der Waals surface area contributed by atoms with Gasteiger partial charge in [-0.1, -0.05) is 24.3 Å². The highest BCUT2D eigenvalue weighted by Crippen LogP contribution is 2.22. The Morgan fingerprint density at radius 3 is 2.88 bits per heavy atom. The molecule has 1 N–H and O–H groups in total. The number of hydrogen-bond donors (Lipinski definition) is 1. The molecule has 0 saturated heterocycles. The number of nitrogens with one attached hydrogen (secondary N) is 1. The van der Waals surface area contributed by atoms with Gasteiger partial charge in [0.05, 0.1) is 0 Å². The fraction of sp³-hybridized carbons (Fsp3) is 0.150. The number of rotatable bonds is 4. The summed E-state index contributed by atoms with van der Waals surface area (Å²) < 4.78 is 1.60. The van der Waals surface area contributed by atoms with Gasteiger partial charge in [-0.2, -0.15) is 0 Å². The minimum atomic E-state index is -0.0474. The van der Waals surface area contributed by atoms with Gasteiger partial charge in [-0.05, 0) is 36.8 Å². The van der Waals surface area contributed by atoms with E-state index in [1.165, 1.54) is 0 Å². The van der Waals surface area contributed by atoms with Crippen molar-refractivity contribution in [3.63, 3.8) is 0 Å². The molecule has 0 spiro atoms. The summed E-state index contributed by atoms with van der Waals surface area (Å²) in [5, 5.41) is 3.21. The number of H-pyrrole nitrogens is 1. The Kier molecular flexibility index (Phi) is 4.23. The van der Waals surface area contributed by atoms with Gasteiger partial charge in [-0.25, -0.2) is 9.67 Å². The van der Waals surface area contributed by atoms with Crippen molar-refractivity contribution in [2.75, 3.05) is 11.4 Å². The van der Waals surface area contributed by atoms with Crippen LogP contribution in [0.15, 0.2) is 71.9 Å². The Bertz CT molecular complexity index is 1020. The van der Waals surface area contributed by atoms with Gasteiger partial charge in [0.1, 0.15) is 11.6 Å². The third-order valence-corrected chi connectivity index (χ3v) is 4.40. The number of allylic oxidation sites excluding steroid dienone is 2. The number of hydrogen-bond acceptors (Lipinski definition) is 4. The van der Waals surface area contributed by atoms with Crippen LogP contribution in [-0.4, -0.2) is 26.3 Å². The average molecular weight is 345 g/mol. The van der Waals surface area contributed by atoms with E-state index in [4.69, 9.17) is 0 Å². The van der Waals surface area contributed by atoms with E-state index in [2.05, 4.69) is 15.1 Å². The van der Waals surface area contributed by atoms with Crippen molar-refractivity contribution >= 4 is 11.6 Å². The molecular formula is C20H19N5O. The van der Waals surface area contributed by atoms with Crippen LogP contribution in [0.5, 0.6) is 0 Å². The second-order valence-electron chi connectivity index (χ2n) is 6.15. The van der Waals surface area contributed by atoms with Crippen LogP contribution >= 0.6 is 0 Å². The number of anilines is 1. The Balaban J connectivity index is 1.73. The maximum atomic E-state index is 13.1. The fourth-order valence-electron chi connectivity index (χ4n) is 3.08. The Hall–Kier alpha value is -3.41. The minimum absolute atomic E-state index is 0.0474. The first-order valence-corrected chi connectivity index (χ1v) is 8.49. The van der Waals surface area contributed by atoms with Crippen molar-refractivity contribution in [3.8, 4) is 0 Å². The zero-order valence-electron chi connectivity index (χ0n) is 14.5. The topological polar surface area (TPSA) is 66.8 Å². The van der Waals surface area contributed by atoms with Crippen LogP contribution in [0.25, 0.3) is 5.82 Å². The molecule has 4 heterocycles. The van der Waals surface area contributed by atoms with Crippen molar-refractivity contribution < 1.29 is 0 Å². The first-order valence-electron chi connectivity index (χ1n) is 8.49. The molecule has 4 rings (SSSR count). The van der Waals surface area contributed by atoms with Gasteiger partial charge >= 0.3 is 0 Å². The van der Waals surface area contributed by atoms with Gasteiger partial charge in [-0.15, -0.1) is 0 Å². The Labute approximate surface area is 151 Å². The van der Waals surface area contributed by atoms with Crippen LogP contribution in [0.4, 0.5) is 5.82 Å². The molecule has 6 nitrogen and oxygen atoms in total. The summed E-state index contributed by atoms with van der Waals surface area (Å²) in [4.78, 5) is 23.6. The highest BCUT2D eigenvalue weighted by Gasteiger charge is 2.21. The van der Waals surface area contributed by atoms with Crippen LogP contribution in [0.3, 0.4) is 0 Å². The first kappa shape index (κ1) is 16.1. The van der Waals surface area contributed by atoms with E-state index in [0.29, 0.717) is 13.0 Å². The van der Waals surface area contributed by atoms with E-state index in [1.54, 1.807) is 23.3 Å². The molecule has 1 aliphatic heterocycles. The lowest BCUT2D eigenvalue weighted by Gasteiger charge is -2.26. The molecule has 0 saturated carbocycles. The van der Waals surface area contributed by atoms with Crippen molar-refractivity contribution in [1.29, 1.82) is 0 Å². The fourth-order valence-corrected chi connectivity index (χ4v) is 3.08. The molecule has 0 aromatic carbocycles. The smallest absolute Gasteiger partial charge is 0.276 e. The summed E-state index contributed by atoms with van der Waals surface area (Å²) in [5.74, 6) is 1.56. The highest BCUT2D eigenvalue weighted by atomic mass is 16.1. The summed E-state index contributed by atoms with van der Waals surface area (Å²) in [6.07, 6.45) is 11.7. The average Bonchev–Trinajstić information content (AvgIpc) is 2.98. The Morgan fingerprint density at radius 2 is 2.12 bits per heavy atom. The van der Waals surface area contributed by atoms with Crippen LogP contribution in [0.1, 0.15) is 16.8 Å². The molecule has 26 heavy (non-hydrogen) atoms. The van der Waals surface area contributed by atoms with Crippen molar-refractivity contribution in [1.82, 2.24) is 19.7 Å². The van der Waals surface area contributed by atoms with Crippen molar-refractivity contribution in [2.24, 2.45) is 0 Å². The largest absolute Gasteiger partial charge is 0.307 e. The van der Waals surface area contributed by atoms with E-state index in [1.807, 2.05) is 60.4 Å².